The van der Waals surface area contributed by atoms with E-state index in [9.17, 15) is 0 Å². The lowest BCUT2D eigenvalue weighted by molar-refractivity contribution is 0.0778. The average Bonchev–Trinajstić information content (AvgIpc) is 3.13. The molecule has 156 valence electrons. The summed E-state index contributed by atoms with van der Waals surface area (Å²) in [5, 5.41) is 6.87. The van der Waals surface area contributed by atoms with E-state index in [0.717, 1.165) is 70.4 Å². The number of rotatable bonds is 13. The lowest BCUT2D eigenvalue weighted by Crippen LogP contribution is -2.41. The third-order valence-electron chi connectivity index (χ3n) is 5.03. The Bertz CT molecular complexity index is 505. The topological polar surface area (TPSA) is 68.0 Å². The van der Waals surface area contributed by atoms with Crippen LogP contribution in [0.5, 0.6) is 0 Å². The fourth-order valence-corrected chi connectivity index (χ4v) is 3.19. The van der Waals surface area contributed by atoms with Gasteiger partial charge in [-0.1, -0.05) is 6.42 Å². The Morgan fingerprint density at radius 1 is 1.26 bits per heavy atom. The molecule has 0 spiro atoms. The van der Waals surface area contributed by atoms with Gasteiger partial charge in [0.15, 0.2) is 5.96 Å². The highest BCUT2D eigenvalue weighted by Gasteiger charge is 2.36. The second-order valence-electron chi connectivity index (χ2n) is 6.99. The van der Waals surface area contributed by atoms with Crippen molar-refractivity contribution in [2.45, 2.75) is 45.4 Å². The molecule has 2 rings (SSSR count). The molecule has 1 saturated carbocycles. The quantitative estimate of drug-likeness (QED) is 0.190. The summed E-state index contributed by atoms with van der Waals surface area (Å²) in [6.45, 7) is 6.91. The first-order chi connectivity index (χ1) is 12.8. The molecule has 0 aromatic carbocycles. The van der Waals surface area contributed by atoms with Crippen molar-refractivity contribution in [1.29, 1.82) is 0 Å². The van der Waals surface area contributed by atoms with Crippen molar-refractivity contribution in [3.05, 3.63) is 24.2 Å². The number of aliphatic imine (C=N–C) groups is 1. The fraction of sp³-hybridized carbons (Fsp3) is 0.750. The monoisotopic (exact) mass is 493 g/mol. The van der Waals surface area contributed by atoms with Crippen LogP contribution in [-0.2, 0) is 15.9 Å². The number of nitrogens with zero attached hydrogens (tertiary/aromatic N) is 1. The molecule has 1 aliphatic rings. The molecule has 1 aromatic heterocycles. The van der Waals surface area contributed by atoms with Crippen LogP contribution in [0.25, 0.3) is 0 Å². The molecular formula is C20H36IN3O3. The van der Waals surface area contributed by atoms with Crippen LogP contribution in [0.4, 0.5) is 0 Å². The fourth-order valence-electron chi connectivity index (χ4n) is 3.19. The molecule has 1 aliphatic carbocycles. The van der Waals surface area contributed by atoms with Gasteiger partial charge in [-0.25, -0.2) is 0 Å². The third kappa shape index (κ3) is 9.30. The van der Waals surface area contributed by atoms with Crippen molar-refractivity contribution >= 4 is 29.9 Å². The van der Waals surface area contributed by atoms with Gasteiger partial charge in [-0.15, -0.1) is 24.0 Å². The molecule has 0 amide bonds. The summed E-state index contributed by atoms with van der Waals surface area (Å²) >= 11 is 0. The Kier molecular flexibility index (Phi) is 12.8. The molecule has 1 fully saturated rings. The minimum atomic E-state index is 0. The van der Waals surface area contributed by atoms with Gasteiger partial charge in [0.25, 0.3) is 0 Å². The molecule has 0 bridgehead atoms. The van der Waals surface area contributed by atoms with Gasteiger partial charge in [0.1, 0.15) is 5.76 Å². The van der Waals surface area contributed by atoms with Crippen LogP contribution in [0.2, 0.25) is 0 Å². The molecule has 27 heavy (non-hydrogen) atoms. The highest BCUT2D eigenvalue weighted by molar-refractivity contribution is 14.0. The number of hydrogen-bond donors (Lipinski definition) is 2. The van der Waals surface area contributed by atoms with Crippen molar-refractivity contribution in [3.63, 3.8) is 0 Å². The van der Waals surface area contributed by atoms with Crippen molar-refractivity contribution in [2.24, 2.45) is 10.4 Å². The molecular weight excluding hydrogens is 457 g/mol. The second kappa shape index (κ2) is 14.2. The van der Waals surface area contributed by atoms with Crippen LogP contribution < -0.4 is 10.6 Å². The zero-order valence-electron chi connectivity index (χ0n) is 16.8. The smallest absolute Gasteiger partial charge is 0.191 e. The zero-order valence-corrected chi connectivity index (χ0v) is 19.1. The summed E-state index contributed by atoms with van der Waals surface area (Å²) in [7, 11) is 1.77. The summed E-state index contributed by atoms with van der Waals surface area (Å²) in [6.07, 6.45) is 8.45. The van der Waals surface area contributed by atoms with Gasteiger partial charge in [0.2, 0.25) is 0 Å². The number of nitrogens with one attached hydrogen (secondary N) is 2. The summed E-state index contributed by atoms with van der Waals surface area (Å²) in [5.74, 6) is 1.88. The predicted octanol–water partition coefficient (Wildman–Crippen LogP) is 3.61. The van der Waals surface area contributed by atoms with Gasteiger partial charge in [0, 0.05) is 53.0 Å². The van der Waals surface area contributed by atoms with Crippen LogP contribution in [0.15, 0.2) is 27.8 Å². The van der Waals surface area contributed by atoms with Crippen LogP contribution in [0.3, 0.4) is 0 Å². The number of ether oxygens (including phenoxy) is 2. The van der Waals surface area contributed by atoms with Crippen molar-refractivity contribution in [1.82, 2.24) is 10.6 Å². The zero-order chi connectivity index (χ0) is 18.5. The summed E-state index contributed by atoms with van der Waals surface area (Å²) < 4.78 is 16.1. The largest absolute Gasteiger partial charge is 0.469 e. The van der Waals surface area contributed by atoms with Gasteiger partial charge < -0.3 is 24.5 Å². The minimum Gasteiger partial charge on any atom is -0.469 e. The van der Waals surface area contributed by atoms with E-state index in [-0.39, 0.29) is 24.0 Å². The molecule has 0 unspecified atom stereocenters. The van der Waals surface area contributed by atoms with Gasteiger partial charge in [-0.05, 0) is 50.2 Å². The molecule has 0 aliphatic heterocycles. The Balaban J connectivity index is 0.00000364. The van der Waals surface area contributed by atoms with Gasteiger partial charge in [0.05, 0.1) is 6.26 Å². The van der Waals surface area contributed by atoms with E-state index in [2.05, 4.69) is 10.6 Å². The molecule has 2 N–H and O–H groups in total. The maximum Gasteiger partial charge on any atom is 0.191 e. The SMILES string of the molecule is CCOCCCNC(=NCC1(CCOC)CCC1)NCCc1ccco1.I. The van der Waals surface area contributed by atoms with Crippen LogP contribution in [0.1, 0.15) is 44.8 Å². The first-order valence-corrected chi connectivity index (χ1v) is 9.89. The van der Waals surface area contributed by atoms with E-state index in [1.165, 1.54) is 19.3 Å². The first kappa shape index (κ1) is 24.2. The Labute approximate surface area is 180 Å². The van der Waals surface area contributed by atoms with E-state index in [4.69, 9.17) is 18.9 Å². The summed E-state index contributed by atoms with van der Waals surface area (Å²) in [5.41, 5.74) is 0.330. The Morgan fingerprint density at radius 2 is 2.07 bits per heavy atom. The van der Waals surface area contributed by atoms with E-state index >= 15 is 0 Å². The van der Waals surface area contributed by atoms with Crippen molar-refractivity contribution < 1.29 is 13.9 Å². The number of hydrogen-bond acceptors (Lipinski definition) is 4. The molecule has 1 heterocycles. The maximum absolute atomic E-state index is 5.40. The van der Waals surface area contributed by atoms with Gasteiger partial charge in [-0.2, -0.15) is 0 Å². The lowest BCUT2D eigenvalue weighted by Gasteiger charge is -2.40. The predicted molar refractivity (Wildman–Crippen MR) is 120 cm³/mol. The van der Waals surface area contributed by atoms with Gasteiger partial charge >= 0.3 is 0 Å². The van der Waals surface area contributed by atoms with Crippen molar-refractivity contribution in [3.8, 4) is 0 Å². The highest BCUT2D eigenvalue weighted by atomic mass is 127. The Hall–Kier alpha value is -0.800. The van der Waals surface area contributed by atoms with E-state index in [1.54, 1.807) is 13.4 Å². The minimum absolute atomic E-state index is 0. The standard InChI is InChI=1S/C20H35N3O3.HI/c1-3-25-14-6-12-21-19(22-13-8-18-7-4-15-26-18)23-17-20(9-5-10-20)11-16-24-2;/h4,7,15H,3,5-6,8-14,16-17H2,1-2H3,(H2,21,22,23);1H. The number of halogens is 1. The molecule has 0 radical (unpaired) electrons. The van der Waals surface area contributed by atoms with Gasteiger partial charge in [-0.3, -0.25) is 4.99 Å². The van der Waals surface area contributed by atoms with Crippen LogP contribution in [0, 0.1) is 5.41 Å². The molecule has 6 nitrogen and oxygen atoms in total. The normalized spacial score (nSPS) is 15.7. The average molecular weight is 493 g/mol. The van der Waals surface area contributed by atoms with E-state index in [1.807, 2.05) is 19.1 Å². The molecule has 0 atom stereocenters. The molecule has 1 aromatic rings. The maximum atomic E-state index is 5.40. The van der Waals surface area contributed by atoms with E-state index < -0.39 is 0 Å². The second-order valence-corrected chi connectivity index (χ2v) is 6.99. The van der Waals surface area contributed by atoms with E-state index in [0.29, 0.717) is 5.41 Å². The molecule has 0 saturated heterocycles. The molecule has 7 heteroatoms. The van der Waals surface area contributed by atoms with Crippen LogP contribution in [-0.4, -0.2) is 52.5 Å². The Morgan fingerprint density at radius 3 is 2.70 bits per heavy atom. The number of furan rings is 1. The third-order valence-corrected chi connectivity index (χ3v) is 5.03. The van der Waals surface area contributed by atoms with Crippen LogP contribution >= 0.6 is 24.0 Å². The summed E-state index contributed by atoms with van der Waals surface area (Å²) in [4.78, 5) is 4.87. The highest BCUT2D eigenvalue weighted by Crippen LogP contribution is 2.44. The lowest BCUT2D eigenvalue weighted by atomic mass is 9.67. The number of guanidine groups is 1. The summed E-state index contributed by atoms with van der Waals surface area (Å²) in [6, 6.07) is 3.93. The number of methoxy groups -OCH3 is 1. The first-order valence-electron chi connectivity index (χ1n) is 9.89. The van der Waals surface area contributed by atoms with Crippen molar-refractivity contribution in [2.75, 3.05) is 46.6 Å².